The van der Waals surface area contributed by atoms with Crippen molar-refractivity contribution in [3.05, 3.63) is 75.6 Å². The second kappa shape index (κ2) is 9.09. The molecule has 0 spiro atoms. The van der Waals surface area contributed by atoms with Crippen LogP contribution in [0.3, 0.4) is 0 Å². The van der Waals surface area contributed by atoms with E-state index in [1.54, 1.807) is 0 Å². The second-order valence-electron chi connectivity index (χ2n) is 11.0. The summed E-state index contributed by atoms with van der Waals surface area (Å²) in [4.78, 5) is 7.54. The van der Waals surface area contributed by atoms with Crippen molar-refractivity contribution < 1.29 is 4.74 Å². The van der Waals surface area contributed by atoms with E-state index in [0.717, 1.165) is 44.5 Å². The third-order valence-electron chi connectivity index (χ3n) is 7.87. The summed E-state index contributed by atoms with van der Waals surface area (Å²) in [6.07, 6.45) is 7.56. The van der Waals surface area contributed by atoms with Crippen LogP contribution >= 0.6 is 0 Å². The first-order valence-electron chi connectivity index (χ1n) is 12.9. The molecule has 0 fully saturated rings. The van der Waals surface area contributed by atoms with Crippen LogP contribution in [-0.2, 0) is 6.54 Å². The smallest absolute Gasteiger partial charge is 0.124 e. The topological polar surface area (TPSA) is 24.8 Å². The zero-order valence-corrected chi connectivity index (χ0v) is 21.5. The molecule has 3 aliphatic rings. The van der Waals surface area contributed by atoms with E-state index in [2.05, 4.69) is 82.1 Å². The monoisotopic (exact) mass is 454 g/mol. The summed E-state index contributed by atoms with van der Waals surface area (Å²) in [7, 11) is 0. The number of fused-ring (bicyclic) bond motifs is 1. The molecule has 0 bridgehead atoms. The fourth-order valence-electron chi connectivity index (χ4n) is 5.63. The van der Waals surface area contributed by atoms with Gasteiger partial charge in [0.2, 0.25) is 0 Å². The number of aryl methyl sites for hydroxylation is 2. The van der Waals surface area contributed by atoms with Gasteiger partial charge in [0.25, 0.3) is 0 Å². The van der Waals surface area contributed by atoms with Gasteiger partial charge in [-0.25, -0.2) is 0 Å². The van der Waals surface area contributed by atoms with E-state index in [0.29, 0.717) is 12.0 Å². The molecule has 3 nitrogen and oxygen atoms in total. The fraction of sp³-hybridized carbons (Fsp3) is 0.452. The molecule has 0 N–H and O–H groups in total. The minimum absolute atomic E-state index is 0.319. The van der Waals surface area contributed by atoms with Gasteiger partial charge in [0.15, 0.2) is 0 Å². The molecule has 0 saturated carbocycles. The van der Waals surface area contributed by atoms with E-state index in [1.165, 1.54) is 56.8 Å². The van der Waals surface area contributed by atoms with Crippen LogP contribution in [0.1, 0.15) is 69.6 Å². The Morgan fingerprint density at radius 2 is 1.82 bits per heavy atom. The number of ether oxygens (including phenoxy) is 1. The molecule has 2 aromatic carbocycles. The van der Waals surface area contributed by atoms with Gasteiger partial charge in [-0.2, -0.15) is 0 Å². The van der Waals surface area contributed by atoms with Gasteiger partial charge in [-0.15, -0.1) is 0 Å². The Balaban J connectivity index is 1.54. The number of aliphatic imine (C=N–C) groups is 1. The Labute approximate surface area is 205 Å². The van der Waals surface area contributed by atoms with Crippen LogP contribution in [0.25, 0.3) is 11.1 Å². The molecule has 1 aliphatic carbocycles. The van der Waals surface area contributed by atoms with Crippen molar-refractivity contribution in [1.29, 1.82) is 0 Å². The van der Waals surface area contributed by atoms with Gasteiger partial charge < -0.3 is 9.64 Å². The van der Waals surface area contributed by atoms with Crippen LogP contribution in [0.4, 0.5) is 0 Å². The van der Waals surface area contributed by atoms with Crippen molar-refractivity contribution in [2.45, 2.75) is 73.3 Å². The lowest BCUT2D eigenvalue weighted by Crippen LogP contribution is -2.30. The number of allylic oxidation sites excluding steroid dienone is 3. The first-order chi connectivity index (χ1) is 16.3. The Bertz CT molecular complexity index is 1200. The fourth-order valence-corrected chi connectivity index (χ4v) is 5.63. The Morgan fingerprint density at radius 3 is 2.62 bits per heavy atom. The molecule has 2 heterocycles. The Hall–Kier alpha value is -2.81. The number of benzene rings is 2. The number of hydrogen-bond donors (Lipinski definition) is 0. The van der Waals surface area contributed by atoms with Crippen molar-refractivity contribution >= 4 is 6.21 Å². The van der Waals surface area contributed by atoms with E-state index < -0.39 is 0 Å². The predicted octanol–water partition coefficient (Wildman–Crippen LogP) is 7.77. The van der Waals surface area contributed by atoms with Crippen molar-refractivity contribution in [2.75, 3.05) is 13.2 Å². The van der Waals surface area contributed by atoms with E-state index in [1.807, 2.05) is 0 Å². The standard InChI is InChI=1S/C31H38N2O/c1-6-23-12-14-32-28-11-13-31(4,5)19-27(28)30(23)33-15-16-34-29-10-9-25(18-26(29)20-33)24-8-7-21(2)22(3)17-24/h7-10,14,17-18H,6,11-13,15-16,19-20H2,1-5H3. The van der Waals surface area contributed by atoms with Gasteiger partial charge in [0.1, 0.15) is 12.4 Å². The third kappa shape index (κ3) is 4.45. The van der Waals surface area contributed by atoms with Crippen molar-refractivity contribution in [1.82, 2.24) is 4.90 Å². The molecule has 3 heteroatoms. The van der Waals surface area contributed by atoms with E-state index in [4.69, 9.17) is 9.73 Å². The molecule has 178 valence electrons. The molecule has 0 amide bonds. The Kier molecular flexibility index (Phi) is 6.14. The highest BCUT2D eigenvalue weighted by atomic mass is 16.5. The Morgan fingerprint density at radius 1 is 1.03 bits per heavy atom. The molecule has 2 aromatic rings. The van der Waals surface area contributed by atoms with Crippen LogP contribution in [0, 0.1) is 19.3 Å². The molecule has 5 rings (SSSR count). The predicted molar refractivity (Wildman–Crippen MR) is 142 cm³/mol. The van der Waals surface area contributed by atoms with Crippen molar-refractivity contribution in [3.63, 3.8) is 0 Å². The maximum atomic E-state index is 6.27. The molecule has 0 saturated heterocycles. The van der Waals surface area contributed by atoms with Gasteiger partial charge in [-0.3, -0.25) is 4.99 Å². The van der Waals surface area contributed by atoms with Crippen LogP contribution in [0.5, 0.6) is 5.75 Å². The van der Waals surface area contributed by atoms with Gasteiger partial charge >= 0.3 is 0 Å². The highest BCUT2D eigenvalue weighted by Gasteiger charge is 2.33. The molecule has 0 radical (unpaired) electrons. The highest BCUT2D eigenvalue weighted by molar-refractivity contribution is 5.68. The molecule has 34 heavy (non-hydrogen) atoms. The second-order valence-corrected chi connectivity index (χ2v) is 11.0. The summed E-state index contributed by atoms with van der Waals surface area (Å²) >= 11 is 0. The lowest BCUT2D eigenvalue weighted by atomic mass is 9.74. The lowest BCUT2D eigenvalue weighted by molar-refractivity contribution is 0.254. The van der Waals surface area contributed by atoms with Gasteiger partial charge in [-0.05, 0) is 90.5 Å². The summed E-state index contributed by atoms with van der Waals surface area (Å²) in [6, 6.07) is 13.5. The van der Waals surface area contributed by atoms with Crippen molar-refractivity contribution in [3.8, 4) is 16.9 Å². The first-order valence-corrected chi connectivity index (χ1v) is 12.9. The van der Waals surface area contributed by atoms with E-state index in [9.17, 15) is 0 Å². The van der Waals surface area contributed by atoms with Crippen LogP contribution in [0.15, 0.2) is 63.9 Å². The third-order valence-corrected chi connectivity index (χ3v) is 7.87. The zero-order chi connectivity index (χ0) is 23.9. The number of rotatable bonds is 3. The molecule has 0 unspecified atom stereocenters. The minimum Gasteiger partial charge on any atom is -0.491 e. The number of nitrogens with zero attached hydrogens (tertiary/aromatic N) is 2. The van der Waals surface area contributed by atoms with E-state index in [-0.39, 0.29) is 0 Å². The van der Waals surface area contributed by atoms with E-state index >= 15 is 0 Å². The number of hydrogen-bond acceptors (Lipinski definition) is 3. The largest absolute Gasteiger partial charge is 0.491 e. The summed E-state index contributed by atoms with van der Waals surface area (Å²) in [5.41, 5.74) is 12.6. The minimum atomic E-state index is 0.319. The normalized spacial score (nSPS) is 19.9. The molecular weight excluding hydrogens is 416 g/mol. The molecule has 2 aliphatic heterocycles. The molecular formula is C31H38N2O. The maximum Gasteiger partial charge on any atom is 0.124 e. The summed E-state index contributed by atoms with van der Waals surface area (Å²) in [5.74, 6) is 1.02. The van der Waals surface area contributed by atoms with Gasteiger partial charge in [-0.1, -0.05) is 45.0 Å². The maximum absolute atomic E-state index is 6.27. The van der Waals surface area contributed by atoms with Crippen LogP contribution in [0.2, 0.25) is 0 Å². The molecule has 0 atom stereocenters. The highest BCUT2D eigenvalue weighted by Crippen LogP contribution is 2.45. The van der Waals surface area contributed by atoms with Crippen molar-refractivity contribution in [2.24, 2.45) is 10.4 Å². The van der Waals surface area contributed by atoms with Gasteiger partial charge in [0.05, 0.1) is 6.54 Å². The summed E-state index contributed by atoms with van der Waals surface area (Å²) in [5, 5.41) is 0. The summed E-state index contributed by atoms with van der Waals surface area (Å²) < 4.78 is 6.27. The SMILES string of the molecule is CCC1=C(N2CCOc3ccc(-c4ccc(C)c(C)c4)cc3C2)C2=C(CCC(C)(C)C2)N=CC1. The zero-order valence-electron chi connectivity index (χ0n) is 21.5. The summed E-state index contributed by atoms with van der Waals surface area (Å²) in [6.45, 7) is 14.0. The molecule has 0 aromatic heterocycles. The average molecular weight is 455 g/mol. The quantitative estimate of drug-likeness (QED) is 0.473. The van der Waals surface area contributed by atoms with Crippen LogP contribution in [-0.4, -0.2) is 24.3 Å². The average Bonchev–Trinajstić information content (AvgIpc) is 3.12. The lowest BCUT2D eigenvalue weighted by Gasteiger charge is -2.37. The van der Waals surface area contributed by atoms with Gasteiger partial charge in [0, 0.05) is 36.1 Å². The van der Waals surface area contributed by atoms with Crippen LogP contribution < -0.4 is 4.74 Å². The first kappa shape index (κ1) is 23.0.